The predicted octanol–water partition coefficient (Wildman–Crippen LogP) is 2.03. The second-order valence-corrected chi connectivity index (χ2v) is 4.15. The predicted molar refractivity (Wildman–Crippen MR) is 62.9 cm³/mol. The van der Waals surface area contributed by atoms with E-state index in [1.54, 1.807) is 0 Å². The molecule has 2 N–H and O–H groups in total. The van der Waals surface area contributed by atoms with Crippen LogP contribution in [0.15, 0.2) is 0 Å². The molecular weight excluding hydrogens is 180 g/mol. The Morgan fingerprint density at radius 2 is 1.92 bits per heavy atom. The Labute approximate surface area is 87.5 Å². The SMILES string of the molecule is CCC(C)CN(CC)C(C)C(N)=S. The van der Waals surface area contributed by atoms with Gasteiger partial charge in [-0.15, -0.1) is 0 Å². The van der Waals surface area contributed by atoms with E-state index in [1.807, 2.05) is 0 Å². The molecule has 0 amide bonds. The highest BCUT2D eigenvalue weighted by atomic mass is 32.1. The van der Waals surface area contributed by atoms with E-state index in [9.17, 15) is 0 Å². The Morgan fingerprint density at radius 3 is 2.23 bits per heavy atom. The Bertz CT molecular complexity index is 159. The lowest BCUT2D eigenvalue weighted by molar-refractivity contribution is 0.228. The van der Waals surface area contributed by atoms with Crippen LogP contribution in [0, 0.1) is 5.92 Å². The van der Waals surface area contributed by atoms with Gasteiger partial charge in [0.25, 0.3) is 0 Å². The van der Waals surface area contributed by atoms with Gasteiger partial charge in [0.2, 0.25) is 0 Å². The van der Waals surface area contributed by atoms with Crippen LogP contribution in [0.1, 0.15) is 34.1 Å². The summed E-state index contributed by atoms with van der Waals surface area (Å²) in [5.41, 5.74) is 5.62. The van der Waals surface area contributed by atoms with Crippen LogP contribution in [0.5, 0.6) is 0 Å². The molecule has 13 heavy (non-hydrogen) atoms. The molecule has 0 aliphatic heterocycles. The van der Waals surface area contributed by atoms with Gasteiger partial charge in [-0.3, -0.25) is 4.90 Å². The molecule has 0 heterocycles. The second kappa shape index (κ2) is 6.33. The van der Waals surface area contributed by atoms with Gasteiger partial charge in [-0.2, -0.15) is 0 Å². The highest BCUT2D eigenvalue weighted by molar-refractivity contribution is 7.80. The molecule has 0 aliphatic rings. The fraction of sp³-hybridized carbons (Fsp3) is 0.900. The van der Waals surface area contributed by atoms with Crippen LogP contribution in [-0.4, -0.2) is 29.0 Å². The maximum atomic E-state index is 5.62. The number of hydrogen-bond acceptors (Lipinski definition) is 2. The van der Waals surface area contributed by atoms with E-state index in [2.05, 4.69) is 32.6 Å². The molecule has 2 unspecified atom stereocenters. The third-order valence-electron chi connectivity index (χ3n) is 2.61. The van der Waals surface area contributed by atoms with Crippen LogP contribution >= 0.6 is 12.2 Å². The van der Waals surface area contributed by atoms with Crippen LogP contribution in [0.2, 0.25) is 0 Å². The first-order valence-electron chi connectivity index (χ1n) is 5.06. The van der Waals surface area contributed by atoms with Gasteiger partial charge in [-0.25, -0.2) is 0 Å². The fourth-order valence-corrected chi connectivity index (χ4v) is 1.42. The van der Waals surface area contributed by atoms with Crippen molar-refractivity contribution in [3.05, 3.63) is 0 Å². The molecule has 0 saturated carbocycles. The van der Waals surface area contributed by atoms with Crippen molar-refractivity contribution >= 4 is 17.2 Å². The van der Waals surface area contributed by atoms with Crippen LogP contribution in [-0.2, 0) is 0 Å². The van der Waals surface area contributed by atoms with Crippen molar-refractivity contribution in [1.82, 2.24) is 4.90 Å². The van der Waals surface area contributed by atoms with Gasteiger partial charge in [0.15, 0.2) is 0 Å². The maximum absolute atomic E-state index is 5.62. The molecule has 0 fully saturated rings. The summed E-state index contributed by atoms with van der Waals surface area (Å²) >= 11 is 4.99. The Hall–Kier alpha value is -0.150. The van der Waals surface area contributed by atoms with Gasteiger partial charge in [0.05, 0.1) is 11.0 Å². The summed E-state index contributed by atoms with van der Waals surface area (Å²) in [6.45, 7) is 10.8. The smallest absolute Gasteiger partial charge is 0.0899 e. The molecule has 0 rings (SSSR count). The van der Waals surface area contributed by atoms with Crippen LogP contribution in [0.4, 0.5) is 0 Å². The lowest BCUT2D eigenvalue weighted by Crippen LogP contribution is -2.43. The molecular formula is C10H22N2S. The summed E-state index contributed by atoms with van der Waals surface area (Å²) in [7, 11) is 0. The summed E-state index contributed by atoms with van der Waals surface area (Å²) < 4.78 is 0. The van der Waals surface area contributed by atoms with Crippen LogP contribution in [0.3, 0.4) is 0 Å². The first-order valence-corrected chi connectivity index (χ1v) is 5.47. The van der Waals surface area contributed by atoms with Crippen molar-refractivity contribution in [2.75, 3.05) is 13.1 Å². The van der Waals surface area contributed by atoms with Crippen molar-refractivity contribution in [3.8, 4) is 0 Å². The normalized spacial score (nSPS) is 15.8. The molecule has 0 saturated heterocycles. The highest BCUT2D eigenvalue weighted by Crippen LogP contribution is 2.07. The van der Waals surface area contributed by atoms with Gasteiger partial charge in [-0.1, -0.05) is 39.4 Å². The zero-order valence-electron chi connectivity index (χ0n) is 9.21. The van der Waals surface area contributed by atoms with Gasteiger partial charge in [0.1, 0.15) is 0 Å². The van der Waals surface area contributed by atoms with Gasteiger partial charge in [0, 0.05) is 6.54 Å². The monoisotopic (exact) mass is 202 g/mol. The third-order valence-corrected chi connectivity index (χ3v) is 2.95. The molecule has 0 aromatic heterocycles. The summed E-state index contributed by atoms with van der Waals surface area (Å²) in [5.74, 6) is 0.719. The fourth-order valence-electron chi connectivity index (χ4n) is 1.27. The quantitative estimate of drug-likeness (QED) is 0.668. The van der Waals surface area contributed by atoms with E-state index >= 15 is 0 Å². The van der Waals surface area contributed by atoms with Crippen LogP contribution < -0.4 is 5.73 Å². The van der Waals surface area contributed by atoms with Crippen molar-refractivity contribution in [2.45, 2.75) is 40.2 Å². The molecule has 0 aromatic carbocycles. The lowest BCUT2D eigenvalue weighted by Gasteiger charge is -2.29. The standard InChI is InChI=1S/C10H22N2S/c1-5-8(3)7-12(6-2)9(4)10(11)13/h8-9H,5-7H2,1-4H3,(H2,11,13). The lowest BCUT2D eigenvalue weighted by atomic mass is 10.1. The number of thiocarbonyl (C=S) groups is 1. The molecule has 78 valence electrons. The molecule has 3 heteroatoms. The number of hydrogen-bond donors (Lipinski definition) is 1. The Balaban J connectivity index is 4.09. The molecule has 2 nitrogen and oxygen atoms in total. The molecule has 2 atom stereocenters. The van der Waals surface area contributed by atoms with Crippen molar-refractivity contribution in [2.24, 2.45) is 11.7 Å². The third kappa shape index (κ3) is 4.58. The highest BCUT2D eigenvalue weighted by Gasteiger charge is 2.15. The largest absolute Gasteiger partial charge is 0.392 e. The van der Waals surface area contributed by atoms with Crippen LogP contribution in [0.25, 0.3) is 0 Å². The maximum Gasteiger partial charge on any atom is 0.0899 e. The van der Waals surface area contributed by atoms with Crippen molar-refractivity contribution in [3.63, 3.8) is 0 Å². The summed E-state index contributed by atoms with van der Waals surface area (Å²) in [4.78, 5) is 2.93. The van der Waals surface area contributed by atoms with Crippen molar-refractivity contribution < 1.29 is 0 Å². The van der Waals surface area contributed by atoms with Gasteiger partial charge < -0.3 is 5.73 Å². The van der Waals surface area contributed by atoms with E-state index in [1.165, 1.54) is 6.42 Å². The zero-order chi connectivity index (χ0) is 10.4. The summed E-state index contributed by atoms with van der Waals surface area (Å²) in [6.07, 6.45) is 1.21. The topological polar surface area (TPSA) is 29.3 Å². The molecule has 0 spiro atoms. The second-order valence-electron chi connectivity index (χ2n) is 3.68. The van der Waals surface area contributed by atoms with E-state index < -0.39 is 0 Å². The molecule has 0 aromatic rings. The first-order chi connectivity index (χ1) is 6.02. The van der Waals surface area contributed by atoms with Gasteiger partial charge >= 0.3 is 0 Å². The van der Waals surface area contributed by atoms with E-state index in [-0.39, 0.29) is 6.04 Å². The van der Waals surface area contributed by atoms with E-state index in [0.717, 1.165) is 19.0 Å². The Morgan fingerprint density at radius 1 is 1.38 bits per heavy atom. The molecule has 0 bridgehead atoms. The molecule has 0 aliphatic carbocycles. The van der Waals surface area contributed by atoms with E-state index in [0.29, 0.717) is 4.99 Å². The Kier molecular flexibility index (Phi) is 6.25. The minimum absolute atomic E-state index is 0.231. The summed E-state index contributed by atoms with van der Waals surface area (Å²) in [6, 6.07) is 0.231. The van der Waals surface area contributed by atoms with Crippen molar-refractivity contribution in [1.29, 1.82) is 0 Å². The first kappa shape index (κ1) is 12.8. The van der Waals surface area contributed by atoms with Gasteiger partial charge in [-0.05, 0) is 19.4 Å². The zero-order valence-corrected chi connectivity index (χ0v) is 10.0. The average molecular weight is 202 g/mol. The molecule has 0 radical (unpaired) electrons. The number of nitrogens with zero attached hydrogens (tertiary/aromatic N) is 1. The number of nitrogens with two attached hydrogens (primary N) is 1. The summed E-state index contributed by atoms with van der Waals surface area (Å²) in [5, 5.41) is 0. The van der Waals surface area contributed by atoms with E-state index in [4.69, 9.17) is 18.0 Å². The number of rotatable bonds is 6. The minimum atomic E-state index is 0.231. The number of likely N-dealkylation sites (N-methyl/N-ethyl adjacent to an activating group) is 1. The minimum Gasteiger partial charge on any atom is -0.392 e. The average Bonchev–Trinajstić information content (AvgIpc) is 2.12.